The number of amides is 1. The predicted molar refractivity (Wildman–Crippen MR) is 138 cm³/mol. The Bertz CT molecular complexity index is 1500. The van der Waals surface area contributed by atoms with Crippen molar-refractivity contribution in [2.75, 3.05) is 16.8 Å². The zero-order valence-corrected chi connectivity index (χ0v) is 20.7. The number of aliphatic hydroxyl groups excluding tert-OH is 1. The average Bonchev–Trinajstić information content (AvgIpc) is 3.81. The molecule has 0 radical (unpaired) electrons. The third-order valence-corrected chi connectivity index (χ3v) is 7.80. The first kappa shape index (κ1) is 22.4. The number of carbonyl (C=O) groups excluding carboxylic acids is 1. The van der Waals surface area contributed by atoms with E-state index < -0.39 is 6.10 Å². The van der Waals surface area contributed by atoms with Gasteiger partial charge in [0.15, 0.2) is 0 Å². The lowest BCUT2D eigenvalue weighted by Crippen LogP contribution is -2.26. The summed E-state index contributed by atoms with van der Waals surface area (Å²) in [4.78, 5) is 33.1. The summed E-state index contributed by atoms with van der Waals surface area (Å²) in [6.45, 7) is 2.48. The van der Waals surface area contributed by atoms with Crippen molar-refractivity contribution in [3.63, 3.8) is 0 Å². The minimum absolute atomic E-state index is 0.0530. The van der Waals surface area contributed by atoms with Gasteiger partial charge in [-0.15, -0.1) is 0 Å². The van der Waals surface area contributed by atoms with Gasteiger partial charge in [0.1, 0.15) is 23.6 Å². The Morgan fingerprint density at radius 2 is 1.95 bits per heavy atom. The van der Waals surface area contributed by atoms with E-state index >= 15 is 0 Å². The van der Waals surface area contributed by atoms with Crippen LogP contribution in [0, 0.1) is 12.8 Å². The second kappa shape index (κ2) is 8.62. The van der Waals surface area contributed by atoms with Gasteiger partial charge in [-0.3, -0.25) is 9.78 Å². The molecule has 0 aromatic carbocycles. The number of hydrogen-bond acceptors (Lipinski definition) is 7. The number of nitrogens with one attached hydrogen (secondary N) is 1. The van der Waals surface area contributed by atoms with Crippen LogP contribution in [0.25, 0.3) is 5.65 Å². The van der Waals surface area contributed by atoms with E-state index in [0.29, 0.717) is 30.5 Å². The van der Waals surface area contributed by atoms with Gasteiger partial charge in [-0.1, -0.05) is 6.07 Å². The highest BCUT2D eigenvalue weighted by Crippen LogP contribution is 2.47. The molecule has 7 rings (SSSR count). The Labute approximate surface area is 214 Å². The number of hydrogen-bond donors (Lipinski definition) is 2. The molecule has 1 saturated heterocycles. The fourth-order valence-electron chi connectivity index (χ4n) is 5.56. The van der Waals surface area contributed by atoms with Crippen LogP contribution in [0.4, 0.5) is 11.6 Å². The summed E-state index contributed by atoms with van der Waals surface area (Å²) in [5.74, 6) is 1.79. The number of aryl methyl sites for hydroxylation is 1. The van der Waals surface area contributed by atoms with Crippen LogP contribution in [0.2, 0.25) is 0 Å². The molecule has 2 saturated carbocycles. The monoisotopic (exact) mass is 495 g/mol. The van der Waals surface area contributed by atoms with Crippen LogP contribution < -0.4 is 10.2 Å². The summed E-state index contributed by atoms with van der Waals surface area (Å²) in [6.07, 6.45) is 10.9. The maximum Gasteiger partial charge on any atom is 0.229 e. The molecule has 4 aromatic rings. The highest BCUT2D eigenvalue weighted by Gasteiger charge is 2.45. The lowest BCUT2D eigenvalue weighted by molar-refractivity contribution is -0.117. The molecule has 0 unspecified atom stereocenters. The molecular formula is C28H29N7O2. The molecule has 4 atom stereocenters. The van der Waals surface area contributed by atoms with E-state index in [1.54, 1.807) is 12.3 Å². The van der Waals surface area contributed by atoms with E-state index in [0.717, 1.165) is 29.0 Å². The number of nitrogens with zero attached hydrogens (tertiary/aromatic N) is 6. The van der Waals surface area contributed by atoms with Gasteiger partial charge < -0.3 is 19.7 Å². The van der Waals surface area contributed by atoms with Crippen LogP contribution >= 0.6 is 0 Å². The molecule has 0 spiro atoms. The van der Waals surface area contributed by atoms with Crippen molar-refractivity contribution in [2.24, 2.45) is 5.92 Å². The van der Waals surface area contributed by atoms with E-state index in [4.69, 9.17) is 4.98 Å². The molecular weight excluding hydrogens is 466 g/mol. The molecule has 9 nitrogen and oxygen atoms in total. The normalized spacial score (nSPS) is 25.0. The molecule has 1 aliphatic heterocycles. The van der Waals surface area contributed by atoms with Crippen molar-refractivity contribution < 1.29 is 9.90 Å². The van der Waals surface area contributed by atoms with E-state index in [1.165, 1.54) is 24.7 Å². The molecule has 1 amide bonds. The Morgan fingerprint density at radius 3 is 2.78 bits per heavy atom. The minimum Gasteiger partial charge on any atom is -0.391 e. The summed E-state index contributed by atoms with van der Waals surface area (Å²) < 4.78 is 2.09. The SMILES string of the molecule is Cc1ccnc([C@H]2C[C@@H]2C(=O)Nc2cc(N3C[C@@H](O)C[C@@H]3c3cn4cc(C5CC5)ccc4n3)ncn2)c1. The first-order chi connectivity index (χ1) is 18.0. The van der Waals surface area contributed by atoms with Crippen molar-refractivity contribution in [2.45, 2.75) is 56.6 Å². The van der Waals surface area contributed by atoms with E-state index in [-0.39, 0.29) is 23.8 Å². The third kappa shape index (κ3) is 4.33. The fourth-order valence-corrected chi connectivity index (χ4v) is 5.56. The number of imidazole rings is 1. The number of anilines is 2. The van der Waals surface area contributed by atoms with Gasteiger partial charge in [-0.25, -0.2) is 15.0 Å². The van der Waals surface area contributed by atoms with Crippen LogP contribution in [0.1, 0.15) is 66.1 Å². The molecule has 2 N–H and O–H groups in total. The van der Waals surface area contributed by atoms with Crippen LogP contribution in [-0.2, 0) is 4.79 Å². The molecule has 37 heavy (non-hydrogen) atoms. The Hall–Kier alpha value is -3.85. The Kier molecular flexibility index (Phi) is 5.21. The van der Waals surface area contributed by atoms with Gasteiger partial charge in [-0.2, -0.15) is 0 Å². The highest BCUT2D eigenvalue weighted by atomic mass is 16.3. The lowest BCUT2D eigenvalue weighted by Gasteiger charge is -2.24. The molecule has 3 fully saturated rings. The minimum atomic E-state index is -0.487. The smallest absolute Gasteiger partial charge is 0.229 e. The van der Waals surface area contributed by atoms with Crippen molar-refractivity contribution in [1.82, 2.24) is 24.3 Å². The number of fused-ring (bicyclic) bond motifs is 1. The Balaban J connectivity index is 1.09. The van der Waals surface area contributed by atoms with Gasteiger partial charge in [0, 0.05) is 55.2 Å². The van der Waals surface area contributed by atoms with Crippen molar-refractivity contribution in [3.8, 4) is 0 Å². The molecule has 0 bridgehead atoms. The number of carbonyl (C=O) groups is 1. The predicted octanol–water partition coefficient (Wildman–Crippen LogP) is 3.76. The summed E-state index contributed by atoms with van der Waals surface area (Å²) in [5.41, 5.74) is 5.27. The van der Waals surface area contributed by atoms with Gasteiger partial charge in [0.25, 0.3) is 0 Å². The van der Waals surface area contributed by atoms with Crippen LogP contribution in [-0.4, -0.2) is 48.0 Å². The number of aromatic nitrogens is 5. The topological polar surface area (TPSA) is 109 Å². The summed E-state index contributed by atoms with van der Waals surface area (Å²) in [7, 11) is 0. The number of aliphatic hydroxyl groups is 1. The van der Waals surface area contributed by atoms with Gasteiger partial charge >= 0.3 is 0 Å². The van der Waals surface area contributed by atoms with Crippen molar-refractivity contribution in [3.05, 3.63) is 77.8 Å². The second-order valence-corrected chi connectivity index (χ2v) is 10.7. The summed E-state index contributed by atoms with van der Waals surface area (Å²) in [5, 5.41) is 13.5. The first-order valence-electron chi connectivity index (χ1n) is 13.0. The number of β-amino-alcohol motifs (C(OH)–C–C–N with tert-alkyl or cyclic N) is 1. The van der Waals surface area contributed by atoms with Crippen molar-refractivity contribution >= 4 is 23.2 Å². The maximum atomic E-state index is 12.9. The van der Waals surface area contributed by atoms with Gasteiger partial charge in [0.2, 0.25) is 5.91 Å². The molecule has 5 heterocycles. The standard InChI is InChI=1S/C28H29N7O2/c1-16-6-7-29-22(8-16)20-10-21(20)28(37)33-25-11-27(31-15-30-25)35-13-19(36)9-24(35)23-14-34-12-18(17-2-3-17)4-5-26(34)32-23/h4-8,11-12,14-15,17,19-21,24,36H,2-3,9-10,13H2,1H3,(H,30,31,33,37)/t19-,20-,21-,24+/m0/s1. The van der Waals surface area contributed by atoms with Gasteiger partial charge in [0.05, 0.1) is 17.8 Å². The molecule has 9 heteroatoms. The lowest BCUT2D eigenvalue weighted by atomic mass is 10.1. The highest BCUT2D eigenvalue weighted by molar-refractivity contribution is 5.94. The number of pyridine rings is 2. The van der Waals surface area contributed by atoms with E-state index in [1.807, 2.05) is 19.1 Å². The Morgan fingerprint density at radius 1 is 1.05 bits per heavy atom. The van der Waals surface area contributed by atoms with Crippen molar-refractivity contribution in [1.29, 1.82) is 0 Å². The van der Waals surface area contributed by atoms with Crippen LogP contribution in [0.3, 0.4) is 0 Å². The maximum absolute atomic E-state index is 12.9. The molecule has 3 aliphatic rings. The zero-order chi connectivity index (χ0) is 25.1. The van der Waals surface area contributed by atoms with Gasteiger partial charge in [-0.05, 0) is 61.4 Å². The molecule has 188 valence electrons. The van der Waals surface area contributed by atoms with E-state index in [2.05, 4.69) is 54.1 Å². The first-order valence-corrected chi connectivity index (χ1v) is 13.0. The average molecular weight is 496 g/mol. The zero-order valence-electron chi connectivity index (χ0n) is 20.7. The molecule has 2 aliphatic carbocycles. The quantitative estimate of drug-likeness (QED) is 0.419. The largest absolute Gasteiger partial charge is 0.391 e. The third-order valence-electron chi connectivity index (χ3n) is 7.80. The molecule has 4 aromatic heterocycles. The second-order valence-electron chi connectivity index (χ2n) is 10.7. The van der Waals surface area contributed by atoms with Crippen LogP contribution in [0.5, 0.6) is 0 Å². The number of rotatable bonds is 6. The van der Waals surface area contributed by atoms with Crippen LogP contribution in [0.15, 0.2) is 55.2 Å². The fraction of sp³-hybridized carbons (Fsp3) is 0.393. The summed E-state index contributed by atoms with van der Waals surface area (Å²) in [6, 6.07) is 9.92. The van der Waals surface area contributed by atoms with E-state index in [9.17, 15) is 9.90 Å². The summed E-state index contributed by atoms with van der Waals surface area (Å²) >= 11 is 0.